The van der Waals surface area contributed by atoms with Crippen LogP contribution in [-0.2, 0) is 29.3 Å². The second-order valence-corrected chi connectivity index (χ2v) is 12.3. The first-order valence-electron chi connectivity index (χ1n) is 14.2. The molecule has 2 aliphatic rings. The first-order chi connectivity index (χ1) is 20.0. The summed E-state index contributed by atoms with van der Waals surface area (Å²) in [6, 6.07) is 12.6. The fourth-order valence-electron chi connectivity index (χ4n) is 5.57. The Bertz CT molecular complexity index is 1320. The lowest BCUT2D eigenvalue weighted by atomic mass is 9.86. The number of benzene rings is 2. The molecule has 0 radical (unpaired) electrons. The minimum absolute atomic E-state index is 0.0307. The molecule has 4 rings (SSSR count). The van der Waals surface area contributed by atoms with Crippen LogP contribution in [0.5, 0.6) is 0 Å². The number of ether oxygens (including phenoxy) is 2. The summed E-state index contributed by atoms with van der Waals surface area (Å²) in [5.74, 6) is -1.78. The molecule has 1 aliphatic carbocycles. The number of amides is 3. The standard InChI is InChI=1S/C31H37Cl2N3O6/c1-18(2)14-24(28(38)35-25(29(39)41-3)16-20-10-13-34-27(20)37)36-30(40)42-26(19-6-4-8-22(32)15-19)31(11-12-31)21-7-5-9-23(33)17-21/h4-9,15,17-18,20,24-26H,10-14,16H2,1-3H3,(H,34,37)(H,35,38)(H,36,40)/t20?,24-,25-,26?/m0/s1. The van der Waals surface area contributed by atoms with Gasteiger partial charge < -0.3 is 25.4 Å². The van der Waals surface area contributed by atoms with Crippen molar-refractivity contribution < 1.29 is 28.7 Å². The van der Waals surface area contributed by atoms with Gasteiger partial charge >= 0.3 is 12.1 Å². The minimum Gasteiger partial charge on any atom is -0.467 e. The maximum Gasteiger partial charge on any atom is 0.408 e. The normalized spacial score (nSPS) is 19.3. The Hall–Kier alpha value is -3.30. The molecule has 42 heavy (non-hydrogen) atoms. The maximum atomic E-state index is 13.5. The van der Waals surface area contributed by atoms with E-state index in [2.05, 4.69) is 16.0 Å². The molecule has 2 aromatic rings. The number of hydrogen-bond donors (Lipinski definition) is 3. The van der Waals surface area contributed by atoms with Crippen molar-refractivity contribution in [3.8, 4) is 0 Å². The van der Waals surface area contributed by atoms with E-state index in [1.54, 1.807) is 24.3 Å². The SMILES string of the molecule is COC(=O)[C@H](CC1CCNC1=O)NC(=O)[C@H](CC(C)C)NC(=O)OC(c1cccc(Cl)c1)C1(c2cccc(Cl)c2)CC1. The Morgan fingerprint density at radius 1 is 1.02 bits per heavy atom. The van der Waals surface area contributed by atoms with E-state index in [1.807, 2.05) is 38.1 Å². The molecule has 11 heteroatoms. The Labute approximate surface area is 256 Å². The smallest absolute Gasteiger partial charge is 0.408 e. The highest BCUT2D eigenvalue weighted by Gasteiger charge is 2.54. The van der Waals surface area contributed by atoms with Crippen LogP contribution in [0.25, 0.3) is 0 Å². The number of rotatable bonds is 12. The molecule has 1 saturated carbocycles. The number of carbonyl (C=O) groups excluding carboxylic acids is 4. The van der Waals surface area contributed by atoms with Gasteiger partial charge in [0.05, 0.1) is 7.11 Å². The number of halogens is 2. The van der Waals surface area contributed by atoms with Crippen molar-refractivity contribution >= 4 is 47.1 Å². The van der Waals surface area contributed by atoms with Gasteiger partial charge in [0, 0.05) is 27.9 Å². The number of alkyl carbamates (subject to hydrolysis) is 1. The summed E-state index contributed by atoms with van der Waals surface area (Å²) >= 11 is 12.6. The third-order valence-electron chi connectivity index (χ3n) is 7.87. The van der Waals surface area contributed by atoms with Crippen LogP contribution in [0.1, 0.15) is 63.2 Å². The number of methoxy groups -OCH3 is 1. The fraction of sp³-hybridized carbons (Fsp3) is 0.484. The van der Waals surface area contributed by atoms with Crippen molar-refractivity contribution in [3.05, 3.63) is 69.7 Å². The van der Waals surface area contributed by atoms with Crippen molar-refractivity contribution in [1.82, 2.24) is 16.0 Å². The Morgan fingerprint density at radius 2 is 1.71 bits per heavy atom. The highest BCUT2D eigenvalue weighted by Crippen LogP contribution is 2.58. The molecule has 9 nitrogen and oxygen atoms in total. The highest BCUT2D eigenvalue weighted by molar-refractivity contribution is 6.31. The minimum atomic E-state index is -1.04. The maximum absolute atomic E-state index is 13.5. The summed E-state index contributed by atoms with van der Waals surface area (Å²) in [6.45, 7) is 4.35. The zero-order valence-electron chi connectivity index (χ0n) is 24.0. The van der Waals surface area contributed by atoms with Crippen LogP contribution in [0.3, 0.4) is 0 Å². The lowest BCUT2D eigenvalue weighted by molar-refractivity contribution is -0.146. The third-order valence-corrected chi connectivity index (χ3v) is 8.34. The predicted octanol–water partition coefficient (Wildman–Crippen LogP) is 5.09. The molecule has 3 N–H and O–H groups in total. The van der Waals surface area contributed by atoms with Gasteiger partial charge in [0.2, 0.25) is 11.8 Å². The van der Waals surface area contributed by atoms with Gasteiger partial charge in [0.15, 0.2) is 0 Å². The molecular formula is C31H37Cl2N3O6. The van der Waals surface area contributed by atoms with E-state index in [-0.39, 0.29) is 18.2 Å². The molecule has 1 aliphatic heterocycles. The fourth-order valence-corrected chi connectivity index (χ4v) is 5.96. The number of carbonyl (C=O) groups is 4. The lowest BCUT2D eigenvalue weighted by Gasteiger charge is -2.30. The molecule has 0 spiro atoms. The molecule has 226 valence electrons. The van der Waals surface area contributed by atoms with Crippen molar-refractivity contribution in [2.45, 2.75) is 69.6 Å². The van der Waals surface area contributed by atoms with Crippen LogP contribution < -0.4 is 16.0 Å². The zero-order valence-corrected chi connectivity index (χ0v) is 25.5. The van der Waals surface area contributed by atoms with Gasteiger partial charge in [-0.25, -0.2) is 9.59 Å². The van der Waals surface area contributed by atoms with Crippen molar-refractivity contribution in [2.24, 2.45) is 11.8 Å². The van der Waals surface area contributed by atoms with Gasteiger partial charge in [0.1, 0.15) is 18.2 Å². The quantitative estimate of drug-likeness (QED) is 0.285. The molecule has 3 amide bonds. The van der Waals surface area contributed by atoms with Gasteiger partial charge in [-0.3, -0.25) is 9.59 Å². The third kappa shape index (κ3) is 7.75. The first kappa shape index (κ1) is 31.6. The van der Waals surface area contributed by atoms with E-state index in [0.29, 0.717) is 29.4 Å². The van der Waals surface area contributed by atoms with E-state index in [4.69, 9.17) is 32.7 Å². The average molecular weight is 619 g/mol. The zero-order chi connectivity index (χ0) is 30.4. The van der Waals surface area contributed by atoms with E-state index >= 15 is 0 Å². The van der Waals surface area contributed by atoms with Crippen LogP contribution in [-0.4, -0.2) is 49.6 Å². The molecule has 2 fully saturated rings. The van der Waals surface area contributed by atoms with Crippen LogP contribution in [0.4, 0.5) is 4.79 Å². The second-order valence-electron chi connectivity index (χ2n) is 11.4. The van der Waals surface area contributed by atoms with E-state index < -0.39 is 47.5 Å². The van der Waals surface area contributed by atoms with E-state index in [9.17, 15) is 19.2 Å². The van der Waals surface area contributed by atoms with Crippen LogP contribution >= 0.6 is 23.2 Å². The number of nitrogens with one attached hydrogen (secondary N) is 3. The van der Waals surface area contributed by atoms with Crippen LogP contribution in [0.15, 0.2) is 48.5 Å². The summed E-state index contributed by atoms with van der Waals surface area (Å²) in [7, 11) is 1.22. The van der Waals surface area contributed by atoms with Gasteiger partial charge in [-0.15, -0.1) is 0 Å². The molecule has 2 aromatic carbocycles. The second kappa shape index (κ2) is 13.8. The molecule has 1 saturated heterocycles. The molecular weight excluding hydrogens is 581 g/mol. The summed E-state index contributed by atoms with van der Waals surface area (Å²) < 4.78 is 11.0. The molecule has 1 heterocycles. The van der Waals surface area contributed by atoms with Crippen molar-refractivity contribution in [2.75, 3.05) is 13.7 Å². The van der Waals surface area contributed by atoms with E-state index in [1.165, 1.54) is 7.11 Å². The molecule has 0 aromatic heterocycles. The Kier molecular flexibility index (Phi) is 10.4. The Balaban J connectivity index is 1.53. The predicted molar refractivity (Wildman–Crippen MR) is 159 cm³/mol. The highest BCUT2D eigenvalue weighted by atomic mass is 35.5. The summed E-state index contributed by atoms with van der Waals surface area (Å²) in [5.41, 5.74) is 1.17. The summed E-state index contributed by atoms with van der Waals surface area (Å²) in [6.07, 6.45) is 1.01. The number of hydrogen-bond acceptors (Lipinski definition) is 6. The van der Waals surface area contributed by atoms with Crippen molar-refractivity contribution in [3.63, 3.8) is 0 Å². The molecule has 4 atom stereocenters. The van der Waals surface area contributed by atoms with Gasteiger partial charge in [-0.2, -0.15) is 0 Å². The first-order valence-corrected chi connectivity index (χ1v) is 14.9. The monoisotopic (exact) mass is 617 g/mol. The van der Waals surface area contributed by atoms with Gasteiger partial charge in [-0.1, -0.05) is 61.3 Å². The van der Waals surface area contributed by atoms with Crippen LogP contribution in [0.2, 0.25) is 10.0 Å². The summed E-state index contributed by atoms with van der Waals surface area (Å²) in [4.78, 5) is 51.5. The topological polar surface area (TPSA) is 123 Å². The van der Waals surface area contributed by atoms with Gasteiger partial charge in [0.25, 0.3) is 0 Å². The largest absolute Gasteiger partial charge is 0.467 e. The van der Waals surface area contributed by atoms with Crippen LogP contribution in [0, 0.1) is 11.8 Å². The number of esters is 1. The van der Waals surface area contributed by atoms with Gasteiger partial charge in [-0.05, 0) is 73.4 Å². The molecule has 0 bridgehead atoms. The average Bonchev–Trinajstić information content (AvgIpc) is 3.66. The molecule has 2 unspecified atom stereocenters. The van der Waals surface area contributed by atoms with Crippen molar-refractivity contribution in [1.29, 1.82) is 0 Å². The Morgan fingerprint density at radius 3 is 2.29 bits per heavy atom. The van der Waals surface area contributed by atoms with E-state index in [0.717, 1.165) is 24.0 Å². The summed E-state index contributed by atoms with van der Waals surface area (Å²) in [5, 5.41) is 9.24. The lowest BCUT2D eigenvalue weighted by Crippen LogP contribution is -2.53.